The number of hydrogen-bond acceptors (Lipinski definition) is 4. The molecule has 4 nitrogen and oxygen atoms in total. The second kappa shape index (κ2) is 4.63. The van der Waals surface area contributed by atoms with Crippen molar-refractivity contribution in [3.63, 3.8) is 0 Å². The number of rotatable bonds is 3. The molecular weight excluding hydrogens is 221 g/mol. The van der Waals surface area contributed by atoms with Crippen LogP contribution in [0.15, 0.2) is 22.7 Å². The van der Waals surface area contributed by atoms with Gasteiger partial charge in [0.25, 0.3) is 0 Å². The fourth-order valence-corrected chi connectivity index (χ4v) is 1.55. The molecule has 1 aromatic carbocycles. The highest BCUT2D eigenvalue weighted by molar-refractivity contribution is 5.59. The minimum absolute atomic E-state index is 0.253. The van der Waals surface area contributed by atoms with Gasteiger partial charge in [-0.1, -0.05) is 12.1 Å². The number of halogens is 1. The van der Waals surface area contributed by atoms with Gasteiger partial charge in [0.2, 0.25) is 11.7 Å². The summed E-state index contributed by atoms with van der Waals surface area (Å²) in [4.78, 5) is 4.22. The van der Waals surface area contributed by atoms with Crippen LogP contribution in [-0.4, -0.2) is 10.1 Å². The van der Waals surface area contributed by atoms with Gasteiger partial charge in [-0.25, -0.2) is 4.39 Å². The third-order valence-electron chi connectivity index (χ3n) is 2.63. The predicted octanol–water partition coefficient (Wildman–Crippen LogP) is 2.59. The van der Waals surface area contributed by atoms with E-state index in [2.05, 4.69) is 10.1 Å². The molecule has 0 radical (unpaired) electrons. The van der Waals surface area contributed by atoms with Crippen LogP contribution >= 0.6 is 0 Å². The monoisotopic (exact) mass is 235 g/mol. The van der Waals surface area contributed by atoms with Gasteiger partial charge in [0.05, 0.1) is 6.04 Å². The molecule has 1 atom stereocenters. The summed E-state index contributed by atoms with van der Waals surface area (Å²) in [5.74, 6) is 0.577. The molecule has 0 aliphatic heterocycles. The Labute approximate surface area is 98.6 Å². The number of aromatic nitrogens is 2. The first-order valence-corrected chi connectivity index (χ1v) is 5.47. The molecule has 17 heavy (non-hydrogen) atoms. The molecule has 0 aliphatic rings. The van der Waals surface area contributed by atoms with Gasteiger partial charge in [-0.2, -0.15) is 4.98 Å². The smallest absolute Gasteiger partial charge is 0.243 e. The second-order valence-corrected chi connectivity index (χ2v) is 3.93. The summed E-state index contributed by atoms with van der Waals surface area (Å²) >= 11 is 0. The average Bonchev–Trinajstić information content (AvgIpc) is 2.77. The summed E-state index contributed by atoms with van der Waals surface area (Å²) in [6, 6.07) is 4.19. The van der Waals surface area contributed by atoms with Crippen molar-refractivity contribution in [2.75, 3.05) is 0 Å². The maximum atomic E-state index is 13.0. The molecule has 1 aromatic heterocycles. The van der Waals surface area contributed by atoms with E-state index < -0.39 is 0 Å². The lowest BCUT2D eigenvalue weighted by Gasteiger charge is -2.01. The van der Waals surface area contributed by atoms with Crippen molar-refractivity contribution in [2.45, 2.75) is 26.3 Å². The highest BCUT2D eigenvalue weighted by Crippen LogP contribution is 2.22. The van der Waals surface area contributed by atoms with Crippen LogP contribution in [0.5, 0.6) is 0 Å². The molecule has 2 N–H and O–H groups in total. The second-order valence-electron chi connectivity index (χ2n) is 3.93. The first-order valence-electron chi connectivity index (χ1n) is 5.47. The molecule has 0 unspecified atom stereocenters. The van der Waals surface area contributed by atoms with E-state index in [4.69, 9.17) is 10.3 Å². The molecule has 2 rings (SSSR count). The zero-order valence-electron chi connectivity index (χ0n) is 9.77. The van der Waals surface area contributed by atoms with Gasteiger partial charge in [0.15, 0.2) is 0 Å². The largest absolute Gasteiger partial charge is 0.337 e. The molecule has 0 spiro atoms. The van der Waals surface area contributed by atoms with E-state index in [1.165, 1.54) is 12.1 Å². The quantitative estimate of drug-likeness (QED) is 0.888. The van der Waals surface area contributed by atoms with Crippen LogP contribution in [0.2, 0.25) is 0 Å². The number of benzene rings is 1. The normalized spacial score (nSPS) is 12.7. The first kappa shape index (κ1) is 11.7. The van der Waals surface area contributed by atoms with Crippen molar-refractivity contribution >= 4 is 0 Å². The van der Waals surface area contributed by atoms with E-state index in [1.54, 1.807) is 13.0 Å². The molecule has 0 saturated carbocycles. The molecule has 0 amide bonds. The summed E-state index contributed by atoms with van der Waals surface area (Å²) in [5, 5.41) is 3.86. The summed E-state index contributed by atoms with van der Waals surface area (Å²) in [6.45, 7) is 3.74. The molecule has 0 bridgehead atoms. The number of aryl methyl sites for hydroxylation is 1. The topological polar surface area (TPSA) is 64.9 Å². The third kappa shape index (κ3) is 2.34. The van der Waals surface area contributed by atoms with Crippen molar-refractivity contribution in [3.8, 4) is 11.4 Å². The van der Waals surface area contributed by atoms with E-state index in [0.29, 0.717) is 11.7 Å². The van der Waals surface area contributed by atoms with Crippen molar-refractivity contribution in [3.05, 3.63) is 35.5 Å². The van der Waals surface area contributed by atoms with E-state index in [-0.39, 0.29) is 11.9 Å². The van der Waals surface area contributed by atoms with Gasteiger partial charge < -0.3 is 10.3 Å². The molecule has 0 saturated heterocycles. The van der Waals surface area contributed by atoms with Gasteiger partial charge in [-0.3, -0.25) is 0 Å². The maximum absolute atomic E-state index is 13.0. The molecule has 1 heterocycles. The Kier molecular flexibility index (Phi) is 3.19. The summed E-state index contributed by atoms with van der Waals surface area (Å²) < 4.78 is 18.0. The minimum Gasteiger partial charge on any atom is -0.337 e. The zero-order chi connectivity index (χ0) is 12.4. The maximum Gasteiger partial charge on any atom is 0.243 e. The summed E-state index contributed by atoms with van der Waals surface area (Å²) in [7, 11) is 0. The lowest BCUT2D eigenvalue weighted by molar-refractivity contribution is 0.352. The van der Waals surface area contributed by atoms with Crippen LogP contribution in [0, 0.1) is 12.7 Å². The third-order valence-corrected chi connectivity index (χ3v) is 2.63. The molecule has 90 valence electrons. The van der Waals surface area contributed by atoms with Gasteiger partial charge >= 0.3 is 0 Å². The highest BCUT2D eigenvalue weighted by atomic mass is 19.1. The standard InChI is InChI=1S/C12H14FN3O/c1-3-10(14)12-15-11(16-17-12)9-5-4-8(13)6-7(9)2/h4-6,10H,3,14H2,1-2H3/t10-/m0/s1. The minimum atomic E-state index is -0.278. The summed E-state index contributed by atoms with van der Waals surface area (Å²) in [5.41, 5.74) is 7.31. The van der Waals surface area contributed by atoms with Crippen molar-refractivity contribution in [1.29, 1.82) is 0 Å². The number of hydrogen-bond donors (Lipinski definition) is 1. The zero-order valence-corrected chi connectivity index (χ0v) is 9.77. The molecule has 2 aromatic rings. The Morgan fingerprint density at radius 2 is 2.24 bits per heavy atom. The van der Waals surface area contributed by atoms with Crippen LogP contribution in [0.25, 0.3) is 11.4 Å². The van der Waals surface area contributed by atoms with Gasteiger partial charge in [-0.15, -0.1) is 0 Å². The van der Waals surface area contributed by atoms with Crippen LogP contribution in [0.4, 0.5) is 4.39 Å². The Bertz CT molecular complexity index is 524. The Morgan fingerprint density at radius 1 is 1.47 bits per heavy atom. The lowest BCUT2D eigenvalue weighted by atomic mass is 10.1. The molecular formula is C12H14FN3O. The first-order chi connectivity index (χ1) is 8.11. The van der Waals surface area contributed by atoms with E-state index in [9.17, 15) is 4.39 Å². The van der Waals surface area contributed by atoms with E-state index in [1.807, 2.05) is 6.92 Å². The predicted molar refractivity (Wildman–Crippen MR) is 61.6 cm³/mol. The fourth-order valence-electron chi connectivity index (χ4n) is 1.55. The van der Waals surface area contributed by atoms with Crippen LogP contribution in [0.3, 0.4) is 0 Å². The van der Waals surface area contributed by atoms with Gasteiger partial charge in [0.1, 0.15) is 5.82 Å². The van der Waals surface area contributed by atoms with Crippen molar-refractivity contribution in [1.82, 2.24) is 10.1 Å². The molecule has 0 fully saturated rings. The number of nitrogens with two attached hydrogens (primary N) is 1. The van der Waals surface area contributed by atoms with Gasteiger partial charge in [0, 0.05) is 5.56 Å². The Balaban J connectivity index is 2.37. The van der Waals surface area contributed by atoms with E-state index in [0.717, 1.165) is 17.5 Å². The van der Waals surface area contributed by atoms with Crippen LogP contribution in [0.1, 0.15) is 30.8 Å². The van der Waals surface area contributed by atoms with Gasteiger partial charge in [-0.05, 0) is 37.1 Å². The van der Waals surface area contributed by atoms with Crippen molar-refractivity contribution < 1.29 is 8.91 Å². The van der Waals surface area contributed by atoms with Crippen molar-refractivity contribution in [2.24, 2.45) is 5.73 Å². The van der Waals surface area contributed by atoms with E-state index >= 15 is 0 Å². The highest BCUT2D eigenvalue weighted by Gasteiger charge is 2.15. The summed E-state index contributed by atoms with van der Waals surface area (Å²) in [6.07, 6.45) is 0.726. The lowest BCUT2D eigenvalue weighted by Crippen LogP contribution is -2.08. The Morgan fingerprint density at radius 3 is 2.88 bits per heavy atom. The average molecular weight is 235 g/mol. The fraction of sp³-hybridized carbons (Fsp3) is 0.333. The molecule has 5 heteroatoms. The number of nitrogens with zero attached hydrogens (tertiary/aromatic N) is 2. The van der Waals surface area contributed by atoms with Crippen LogP contribution < -0.4 is 5.73 Å². The van der Waals surface area contributed by atoms with Crippen LogP contribution in [-0.2, 0) is 0 Å². The molecule has 0 aliphatic carbocycles. The Hall–Kier alpha value is -1.75. The SMILES string of the molecule is CC[C@H](N)c1nc(-c2ccc(F)cc2C)no1.